The molecule has 9 nitrogen and oxygen atoms in total. The Balaban J connectivity index is 2.10. The van der Waals surface area contributed by atoms with Gasteiger partial charge in [0.25, 0.3) is 0 Å². The van der Waals surface area contributed by atoms with Gasteiger partial charge in [0.2, 0.25) is 5.91 Å². The van der Waals surface area contributed by atoms with Crippen LogP contribution in [-0.2, 0) is 14.3 Å². The van der Waals surface area contributed by atoms with E-state index in [0.717, 1.165) is 70.6 Å². The fourth-order valence-corrected chi connectivity index (χ4v) is 12.2. The molecule has 7 unspecified atom stereocenters. The zero-order valence-electron chi connectivity index (χ0n) is 58.9. The van der Waals surface area contributed by atoms with Crippen LogP contribution in [0.15, 0.2) is 85.1 Å². The van der Waals surface area contributed by atoms with Crippen LogP contribution in [0.1, 0.15) is 367 Å². The lowest BCUT2D eigenvalue weighted by molar-refractivity contribution is -0.302. The van der Waals surface area contributed by atoms with Gasteiger partial charge < -0.3 is 40.3 Å². The number of carbonyl (C=O) groups excluding carboxylic acids is 1. The van der Waals surface area contributed by atoms with E-state index in [9.17, 15) is 30.3 Å². The first kappa shape index (κ1) is 85.4. The molecule has 90 heavy (non-hydrogen) atoms. The fourth-order valence-electron chi connectivity index (χ4n) is 12.2. The summed E-state index contributed by atoms with van der Waals surface area (Å²) in [6.45, 7) is 3.70. The highest BCUT2D eigenvalue weighted by molar-refractivity contribution is 5.76. The van der Waals surface area contributed by atoms with Gasteiger partial charge in [-0.3, -0.25) is 4.79 Å². The molecule has 0 aromatic heterocycles. The lowest BCUT2D eigenvalue weighted by Gasteiger charge is -2.40. The number of rotatable bonds is 68. The lowest BCUT2D eigenvalue weighted by atomic mass is 9.99. The Morgan fingerprint density at radius 1 is 0.389 bits per heavy atom. The predicted molar refractivity (Wildman–Crippen MR) is 387 cm³/mol. The predicted octanol–water partition coefficient (Wildman–Crippen LogP) is 22.0. The average molecular weight is 1260 g/mol. The zero-order valence-corrected chi connectivity index (χ0v) is 58.9. The van der Waals surface area contributed by atoms with E-state index in [0.29, 0.717) is 6.42 Å². The molecule has 1 saturated heterocycles. The summed E-state index contributed by atoms with van der Waals surface area (Å²) in [6, 6.07) is -0.827. The third-order valence-electron chi connectivity index (χ3n) is 18.2. The monoisotopic (exact) mass is 1260 g/mol. The Kier molecular flexibility index (Phi) is 65.7. The topological polar surface area (TPSA) is 149 Å². The molecule has 0 bridgehead atoms. The van der Waals surface area contributed by atoms with E-state index in [1.54, 1.807) is 6.08 Å². The quantitative estimate of drug-likeness (QED) is 0.0261. The molecular formula is C81H147NO8. The van der Waals surface area contributed by atoms with E-state index in [1.807, 2.05) is 6.08 Å². The molecule has 1 aliphatic rings. The van der Waals surface area contributed by atoms with E-state index in [2.05, 4.69) is 92.1 Å². The molecule has 9 heteroatoms. The number of unbranched alkanes of at least 4 members (excludes halogenated alkanes) is 46. The Bertz CT molecular complexity index is 1700. The SMILES string of the molecule is CC/C=C\C/C=C\C/C=C\C/C=C\C/C=C\CCCCCCCCCCCCCCCCCCCCCC(=O)NC(COC1OC(CO)C(O)C(O)C1O)C(O)/C=C/CC/C=C/CCCCCCCCCCCCCCCCCCCCCCCCCCCC. The molecule has 0 aromatic rings. The second-order valence-corrected chi connectivity index (χ2v) is 26.8. The third-order valence-corrected chi connectivity index (χ3v) is 18.2. The summed E-state index contributed by atoms with van der Waals surface area (Å²) < 4.78 is 11.3. The minimum Gasteiger partial charge on any atom is -0.394 e. The first-order chi connectivity index (χ1) is 44.3. The molecule has 6 N–H and O–H groups in total. The van der Waals surface area contributed by atoms with Crippen LogP contribution in [0, 0.1) is 0 Å². The molecule has 0 aliphatic carbocycles. The van der Waals surface area contributed by atoms with Crippen molar-refractivity contribution in [2.24, 2.45) is 0 Å². The van der Waals surface area contributed by atoms with Crippen molar-refractivity contribution < 1.29 is 39.8 Å². The van der Waals surface area contributed by atoms with Gasteiger partial charge >= 0.3 is 0 Å². The Morgan fingerprint density at radius 3 is 1.07 bits per heavy atom. The van der Waals surface area contributed by atoms with Gasteiger partial charge in [-0.2, -0.15) is 0 Å². The number of aliphatic hydroxyl groups excluding tert-OH is 5. The normalized spacial score (nSPS) is 18.2. The van der Waals surface area contributed by atoms with Gasteiger partial charge in [0, 0.05) is 6.42 Å². The van der Waals surface area contributed by atoms with E-state index >= 15 is 0 Å². The number of hydrogen-bond acceptors (Lipinski definition) is 8. The Labute approximate surface area is 556 Å². The minimum absolute atomic E-state index is 0.182. The zero-order chi connectivity index (χ0) is 64.9. The van der Waals surface area contributed by atoms with E-state index in [4.69, 9.17) is 9.47 Å². The molecular weight excluding hydrogens is 1110 g/mol. The molecule has 7 atom stereocenters. The summed E-state index contributed by atoms with van der Waals surface area (Å²) in [5.41, 5.74) is 0. The van der Waals surface area contributed by atoms with Crippen molar-refractivity contribution in [3.05, 3.63) is 85.1 Å². The highest BCUT2D eigenvalue weighted by Gasteiger charge is 2.44. The molecule has 1 rings (SSSR count). The van der Waals surface area contributed by atoms with Gasteiger partial charge in [-0.1, -0.05) is 369 Å². The van der Waals surface area contributed by atoms with Crippen LogP contribution in [0.4, 0.5) is 0 Å². The van der Waals surface area contributed by atoms with Gasteiger partial charge in [-0.25, -0.2) is 0 Å². The van der Waals surface area contributed by atoms with Gasteiger partial charge in [0.15, 0.2) is 6.29 Å². The standard InChI is InChI=1S/C81H147NO8/c1-3-5-7-9-11-13-15-17-19-21-23-25-27-29-31-33-35-37-38-39-41-43-45-47-49-51-53-55-57-59-61-63-65-67-69-71-77(85)82-74(73-89-81-80(88)79(87)78(86)76(72-83)90-81)75(84)70-68-66-64-62-60-58-56-54-52-50-48-46-44-42-40-36-34-32-30-28-26-24-22-20-18-16-14-12-10-8-6-4-2/h5,7,11,13,17,19,23,25,29,31,60,62,68,70,74-76,78-81,83-84,86-88H,3-4,6,8-10,12,14-16,18,20-22,24,26-28,30,32-59,61,63-67,69,71-73H2,1-2H3,(H,82,85)/b7-5-,13-11-,19-17-,25-23-,31-29-,62-60+,70-68+. The number of hydrogen-bond donors (Lipinski definition) is 6. The Hall–Kier alpha value is -2.63. The molecule has 524 valence electrons. The lowest BCUT2D eigenvalue weighted by Crippen LogP contribution is -2.60. The first-order valence-electron chi connectivity index (χ1n) is 38.8. The van der Waals surface area contributed by atoms with Gasteiger partial charge in [0.05, 0.1) is 25.4 Å². The van der Waals surface area contributed by atoms with Gasteiger partial charge in [-0.05, 0) is 77.0 Å². The van der Waals surface area contributed by atoms with Gasteiger partial charge in [0.1, 0.15) is 24.4 Å². The maximum absolute atomic E-state index is 13.2. The second-order valence-electron chi connectivity index (χ2n) is 26.8. The van der Waals surface area contributed by atoms with Crippen molar-refractivity contribution in [2.45, 2.75) is 410 Å². The Morgan fingerprint density at radius 2 is 0.700 bits per heavy atom. The molecule has 1 heterocycles. The van der Waals surface area contributed by atoms with Crippen LogP contribution in [-0.4, -0.2) is 87.5 Å². The molecule has 0 radical (unpaired) electrons. The molecule has 0 saturated carbocycles. The summed E-state index contributed by atoms with van der Waals surface area (Å²) in [5, 5.41) is 54.9. The average Bonchev–Trinajstić information content (AvgIpc) is 1.28. The second kappa shape index (κ2) is 69.2. The fraction of sp³-hybridized carbons (Fsp3) is 0.815. The van der Waals surface area contributed by atoms with Crippen molar-refractivity contribution >= 4 is 5.91 Å². The maximum Gasteiger partial charge on any atom is 0.220 e. The van der Waals surface area contributed by atoms with E-state index in [-0.39, 0.29) is 12.5 Å². The van der Waals surface area contributed by atoms with Crippen LogP contribution >= 0.6 is 0 Å². The number of carbonyl (C=O) groups is 1. The number of ether oxygens (including phenoxy) is 2. The van der Waals surface area contributed by atoms with Crippen molar-refractivity contribution in [2.75, 3.05) is 13.2 Å². The molecule has 1 fully saturated rings. The van der Waals surface area contributed by atoms with Crippen molar-refractivity contribution in [3.63, 3.8) is 0 Å². The van der Waals surface area contributed by atoms with Gasteiger partial charge in [-0.15, -0.1) is 0 Å². The number of nitrogens with one attached hydrogen (secondary N) is 1. The van der Waals surface area contributed by atoms with Crippen molar-refractivity contribution in [3.8, 4) is 0 Å². The minimum atomic E-state index is -1.58. The maximum atomic E-state index is 13.2. The smallest absolute Gasteiger partial charge is 0.220 e. The van der Waals surface area contributed by atoms with Crippen LogP contribution in [0.3, 0.4) is 0 Å². The molecule has 1 aliphatic heterocycles. The number of allylic oxidation sites excluding steroid dienone is 13. The summed E-state index contributed by atoms with van der Waals surface area (Å²) in [4.78, 5) is 13.2. The van der Waals surface area contributed by atoms with Crippen molar-refractivity contribution in [1.29, 1.82) is 0 Å². The van der Waals surface area contributed by atoms with Crippen LogP contribution in [0.25, 0.3) is 0 Å². The summed E-state index contributed by atoms with van der Waals surface area (Å²) in [7, 11) is 0. The summed E-state index contributed by atoms with van der Waals surface area (Å²) in [6.07, 6.45) is 93.0. The molecule has 0 aromatic carbocycles. The largest absolute Gasteiger partial charge is 0.394 e. The first-order valence-corrected chi connectivity index (χ1v) is 38.8. The summed E-state index contributed by atoms with van der Waals surface area (Å²) in [5.74, 6) is -0.182. The number of aliphatic hydroxyl groups is 5. The highest BCUT2D eigenvalue weighted by atomic mass is 16.7. The van der Waals surface area contributed by atoms with Crippen LogP contribution in [0.2, 0.25) is 0 Å². The third kappa shape index (κ3) is 56.9. The van der Waals surface area contributed by atoms with Crippen molar-refractivity contribution in [1.82, 2.24) is 5.32 Å². The summed E-state index contributed by atoms with van der Waals surface area (Å²) >= 11 is 0. The molecule has 1 amide bonds. The number of amides is 1. The molecule has 0 spiro atoms. The van der Waals surface area contributed by atoms with E-state index in [1.165, 1.54) is 276 Å². The van der Waals surface area contributed by atoms with Crippen LogP contribution < -0.4 is 5.32 Å². The van der Waals surface area contributed by atoms with E-state index < -0.39 is 49.5 Å². The van der Waals surface area contributed by atoms with Crippen LogP contribution in [0.5, 0.6) is 0 Å². The highest BCUT2D eigenvalue weighted by Crippen LogP contribution is 2.24.